The van der Waals surface area contributed by atoms with Crippen molar-refractivity contribution < 1.29 is 4.74 Å². The van der Waals surface area contributed by atoms with Crippen molar-refractivity contribution >= 4 is 11.6 Å². The van der Waals surface area contributed by atoms with Crippen LogP contribution >= 0.6 is 11.6 Å². The summed E-state index contributed by atoms with van der Waals surface area (Å²) >= 11 is 6.00. The number of nitrogens with one attached hydrogen (secondary N) is 1. The average molecular weight is 226 g/mol. The van der Waals surface area contributed by atoms with Gasteiger partial charge in [0, 0.05) is 12.5 Å². The fourth-order valence-corrected chi connectivity index (χ4v) is 2.03. The van der Waals surface area contributed by atoms with Crippen LogP contribution in [0.5, 0.6) is 5.75 Å². The predicted molar refractivity (Wildman–Crippen MR) is 62.5 cm³/mol. The largest absolute Gasteiger partial charge is 0.492 e. The lowest BCUT2D eigenvalue weighted by Crippen LogP contribution is -2.33. The lowest BCUT2D eigenvalue weighted by atomic mass is 10.0. The highest BCUT2D eigenvalue weighted by molar-refractivity contribution is 6.32. The zero-order valence-corrected chi connectivity index (χ0v) is 9.46. The van der Waals surface area contributed by atoms with Gasteiger partial charge in [0.05, 0.1) is 11.6 Å². The van der Waals surface area contributed by atoms with Crippen LogP contribution < -0.4 is 10.1 Å². The molecule has 15 heavy (non-hydrogen) atoms. The van der Waals surface area contributed by atoms with E-state index in [-0.39, 0.29) is 0 Å². The minimum absolute atomic E-state index is 0.620. The Balaban J connectivity index is 1.84. The van der Waals surface area contributed by atoms with E-state index >= 15 is 0 Å². The first-order chi connectivity index (χ1) is 7.36. The van der Waals surface area contributed by atoms with Crippen molar-refractivity contribution in [1.82, 2.24) is 5.32 Å². The van der Waals surface area contributed by atoms with Gasteiger partial charge in [-0.2, -0.15) is 0 Å². The fourth-order valence-electron chi connectivity index (χ4n) is 1.84. The Morgan fingerprint density at radius 2 is 2.27 bits per heavy atom. The van der Waals surface area contributed by atoms with Crippen LogP contribution in [-0.4, -0.2) is 19.7 Å². The molecule has 0 aliphatic carbocycles. The third kappa shape index (κ3) is 3.11. The number of halogens is 1. The number of piperidine rings is 1. The van der Waals surface area contributed by atoms with Crippen molar-refractivity contribution in [1.29, 1.82) is 0 Å². The normalized spacial score (nSPS) is 21.3. The van der Waals surface area contributed by atoms with Crippen molar-refractivity contribution in [2.24, 2.45) is 5.92 Å². The molecule has 0 aromatic heterocycles. The van der Waals surface area contributed by atoms with Crippen LogP contribution in [0.15, 0.2) is 24.3 Å². The smallest absolute Gasteiger partial charge is 0.137 e. The standard InChI is InChI=1S/C12H16ClNO/c13-11-5-1-2-6-12(11)15-9-10-4-3-7-14-8-10/h1-2,5-6,10,14H,3-4,7-9H2. The summed E-state index contributed by atoms with van der Waals surface area (Å²) in [5, 5.41) is 4.07. The molecule has 0 spiro atoms. The monoisotopic (exact) mass is 225 g/mol. The number of hydrogen-bond acceptors (Lipinski definition) is 2. The molecule has 1 fully saturated rings. The van der Waals surface area contributed by atoms with Gasteiger partial charge in [0.25, 0.3) is 0 Å². The van der Waals surface area contributed by atoms with E-state index in [4.69, 9.17) is 16.3 Å². The molecule has 1 saturated heterocycles. The first kappa shape index (κ1) is 10.8. The summed E-state index contributed by atoms with van der Waals surface area (Å²) in [7, 11) is 0. The lowest BCUT2D eigenvalue weighted by molar-refractivity contribution is 0.218. The molecule has 1 aromatic carbocycles. The highest BCUT2D eigenvalue weighted by atomic mass is 35.5. The summed E-state index contributed by atoms with van der Waals surface area (Å²) in [6.07, 6.45) is 2.49. The van der Waals surface area contributed by atoms with E-state index in [0.29, 0.717) is 10.9 Å². The van der Waals surface area contributed by atoms with Crippen LogP contribution in [0, 0.1) is 5.92 Å². The van der Waals surface area contributed by atoms with E-state index in [0.717, 1.165) is 25.4 Å². The summed E-state index contributed by atoms with van der Waals surface area (Å²) in [6, 6.07) is 7.63. The summed E-state index contributed by atoms with van der Waals surface area (Å²) in [6.45, 7) is 2.96. The molecule has 1 aromatic rings. The third-order valence-corrected chi connectivity index (χ3v) is 3.02. The van der Waals surface area contributed by atoms with E-state index in [9.17, 15) is 0 Å². The van der Waals surface area contributed by atoms with Gasteiger partial charge in [-0.3, -0.25) is 0 Å². The quantitative estimate of drug-likeness (QED) is 0.854. The maximum Gasteiger partial charge on any atom is 0.137 e. The van der Waals surface area contributed by atoms with Crippen molar-refractivity contribution in [2.45, 2.75) is 12.8 Å². The van der Waals surface area contributed by atoms with Crippen LogP contribution in [0.3, 0.4) is 0 Å². The van der Waals surface area contributed by atoms with Gasteiger partial charge >= 0.3 is 0 Å². The molecule has 0 bridgehead atoms. The van der Waals surface area contributed by atoms with Crippen LogP contribution in [0.1, 0.15) is 12.8 Å². The zero-order valence-electron chi connectivity index (χ0n) is 8.71. The van der Waals surface area contributed by atoms with Gasteiger partial charge in [-0.25, -0.2) is 0 Å². The second-order valence-corrected chi connectivity index (χ2v) is 4.36. The molecule has 1 aliphatic rings. The molecular formula is C12H16ClNO. The highest BCUT2D eigenvalue weighted by Crippen LogP contribution is 2.24. The summed E-state index contributed by atoms with van der Waals surface area (Å²) in [5.74, 6) is 1.42. The molecule has 0 saturated carbocycles. The van der Waals surface area contributed by atoms with Gasteiger partial charge in [-0.1, -0.05) is 23.7 Å². The van der Waals surface area contributed by atoms with Crippen LogP contribution in [0.25, 0.3) is 0 Å². The van der Waals surface area contributed by atoms with Gasteiger partial charge in [-0.15, -0.1) is 0 Å². The zero-order chi connectivity index (χ0) is 10.5. The SMILES string of the molecule is Clc1ccccc1OCC1CCCNC1. The molecule has 2 nitrogen and oxygen atoms in total. The number of hydrogen-bond donors (Lipinski definition) is 1. The van der Waals surface area contributed by atoms with Gasteiger partial charge in [0.15, 0.2) is 0 Å². The van der Waals surface area contributed by atoms with Crippen molar-refractivity contribution in [3.63, 3.8) is 0 Å². The van der Waals surface area contributed by atoms with Gasteiger partial charge in [0.2, 0.25) is 0 Å². The van der Waals surface area contributed by atoms with Gasteiger partial charge in [0.1, 0.15) is 5.75 Å². The second-order valence-electron chi connectivity index (χ2n) is 3.95. The molecule has 1 heterocycles. The number of ether oxygens (including phenoxy) is 1. The Morgan fingerprint density at radius 3 is 3.00 bits per heavy atom. The summed E-state index contributed by atoms with van der Waals surface area (Å²) in [4.78, 5) is 0. The molecule has 0 radical (unpaired) electrons. The number of benzene rings is 1. The summed E-state index contributed by atoms with van der Waals surface area (Å²) < 4.78 is 5.70. The average Bonchev–Trinajstić information content (AvgIpc) is 2.29. The molecule has 1 aliphatic heterocycles. The number of rotatable bonds is 3. The fraction of sp³-hybridized carbons (Fsp3) is 0.500. The first-order valence-corrected chi connectivity index (χ1v) is 5.82. The second kappa shape index (κ2) is 5.38. The van der Waals surface area contributed by atoms with Crippen molar-refractivity contribution in [2.75, 3.05) is 19.7 Å². The first-order valence-electron chi connectivity index (χ1n) is 5.44. The molecule has 3 heteroatoms. The Bertz CT molecular complexity index is 310. The Hall–Kier alpha value is -0.730. The maximum absolute atomic E-state index is 6.00. The van der Waals surface area contributed by atoms with Crippen LogP contribution in [-0.2, 0) is 0 Å². The topological polar surface area (TPSA) is 21.3 Å². The predicted octanol–water partition coefficient (Wildman–Crippen LogP) is 2.72. The van der Waals surface area contributed by atoms with E-state index in [2.05, 4.69) is 5.32 Å². The molecule has 1 N–H and O–H groups in total. The third-order valence-electron chi connectivity index (χ3n) is 2.71. The molecule has 0 amide bonds. The molecule has 82 valence electrons. The minimum atomic E-state index is 0.620. The van der Waals surface area contributed by atoms with Crippen LogP contribution in [0.2, 0.25) is 5.02 Å². The molecule has 2 rings (SSSR count). The maximum atomic E-state index is 6.00. The molecule has 1 atom stereocenters. The van der Waals surface area contributed by atoms with Gasteiger partial charge in [-0.05, 0) is 31.5 Å². The highest BCUT2D eigenvalue weighted by Gasteiger charge is 2.13. The Labute approximate surface area is 95.6 Å². The van der Waals surface area contributed by atoms with Crippen LogP contribution in [0.4, 0.5) is 0 Å². The van der Waals surface area contributed by atoms with E-state index in [1.807, 2.05) is 24.3 Å². The molecule has 1 unspecified atom stereocenters. The lowest BCUT2D eigenvalue weighted by Gasteiger charge is -2.22. The van der Waals surface area contributed by atoms with Gasteiger partial charge < -0.3 is 10.1 Å². The Kier molecular flexibility index (Phi) is 3.87. The number of para-hydroxylation sites is 1. The van der Waals surface area contributed by atoms with Crippen molar-refractivity contribution in [3.05, 3.63) is 29.3 Å². The minimum Gasteiger partial charge on any atom is -0.492 e. The molecular weight excluding hydrogens is 210 g/mol. The van der Waals surface area contributed by atoms with E-state index in [1.54, 1.807) is 0 Å². The Morgan fingerprint density at radius 1 is 1.40 bits per heavy atom. The van der Waals surface area contributed by atoms with Crippen molar-refractivity contribution in [3.8, 4) is 5.75 Å². The van der Waals surface area contributed by atoms with E-state index in [1.165, 1.54) is 12.8 Å². The summed E-state index contributed by atoms with van der Waals surface area (Å²) in [5.41, 5.74) is 0. The van der Waals surface area contributed by atoms with E-state index < -0.39 is 0 Å².